The summed E-state index contributed by atoms with van der Waals surface area (Å²) in [5.74, 6) is -0.605. The maximum absolute atomic E-state index is 13.6. The average Bonchev–Trinajstić information content (AvgIpc) is 2.86. The smallest absolute Gasteiger partial charge is 0.261 e. The molecule has 0 aliphatic heterocycles. The lowest BCUT2D eigenvalue weighted by Gasteiger charge is -2.31. The van der Waals surface area contributed by atoms with Crippen LogP contribution in [0, 0.1) is 10.5 Å². The fraction of sp³-hybridized carbons (Fsp3) is 0.296. The van der Waals surface area contributed by atoms with E-state index in [-0.39, 0.29) is 19.8 Å². The van der Waals surface area contributed by atoms with Crippen LogP contribution in [-0.4, -0.2) is 65.5 Å². The predicted molar refractivity (Wildman–Crippen MR) is 152 cm³/mol. The number of nitrogens with zero attached hydrogens (tertiary/aromatic N) is 1. The molecule has 0 saturated heterocycles. The normalized spacial score (nSPS) is 12.9. The van der Waals surface area contributed by atoms with Gasteiger partial charge in [-0.05, 0) is 77.0 Å². The first kappa shape index (κ1) is 28.4. The van der Waals surface area contributed by atoms with E-state index in [1.165, 1.54) is 0 Å². The number of nitrogens with one attached hydrogen (secondary N) is 2. The Kier molecular flexibility index (Phi) is 10.5. The number of hydrogen-bond acceptors (Lipinski definition) is 6. The van der Waals surface area contributed by atoms with Gasteiger partial charge in [0, 0.05) is 51.7 Å². The van der Waals surface area contributed by atoms with Gasteiger partial charge in [0.2, 0.25) is 0 Å². The minimum atomic E-state index is -2.04. The van der Waals surface area contributed by atoms with Gasteiger partial charge in [-0.3, -0.25) is 9.69 Å². The van der Waals surface area contributed by atoms with E-state index in [0.29, 0.717) is 41.5 Å². The number of carbonyl (C=O) groups is 1. The highest BCUT2D eigenvalue weighted by molar-refractivity contribution is 14.1. The Balaban J connectivity index is 1.99. The van der Waals surface area contributed by atoms with Gasteiger partial charge in [-0.2, -0.15) is 0 Å². The number of aliphatic hydroxyl groups excluding tert-OH is 2. The van der Waals surface area contributed by atoms with Gasteiger partial charge in [0.1, 0.15) is 0 Å². The molecule has 0 saturated carbocycles. The highest BCUT2D eigenvalue weighted by Gasteiger charge is 2.42. The standard InChI is InChI=1S/C27H31ClIN3O4/c1-19-17-22(29)8-10-24(19)31-25-9-7-21(28)18-23(25)27(36,20-5-3-2-4-6-20)26(35)30-11-12-32(13-15-33)14-16-34/h2-10,17-18,31,33-34,36H,11-16H2,1H3,(H,30,35). The zero-order chi connectivity index (χ0) is 26.1. The van der Waals surface area contributed by atoms with Crippen molar-refractivity contribution >= 4 is 51.5 Å². The van der Waals surface area contributed by atoms with Crippen molar-refractivity contribution in [2.75, 3.05) is 44.7 Å². The SMILES string of the molecule is Cc1cc(I)ccc1Nc1ccc(Cl)cc1C(O)(C(=O)NCCN(CCO)CCO)c1ccccc1. The highest BCUT2D eigenvalue weighted by atomic mass is 127. The first-order chi connectivity index (χ1) is 17.3. The second-order valence-corrected chi connectivity index (χ2v) is 10.1. The number of amides is 1. The average molecular weight is 624 g/mol. The molecule has 0 heterocycles. The zero-order valence-corrected chi connectivity index (χ0v) is 23.0. The Hall–Kier alpha value is -2.21. The third kappa shape index (κ3) is 6.96. The summed E-state index contributed by atoms with van der Waals surface area (Å²) in [6, 6.07) is 19.8. The van der Waals surface area contributed by atoms with Crippen molar-refractivity contribution in [2.24, 2.45) is 0 Å². The molecule has 0 aliphatic carbocycles. The van der Waals surface area contributed by atoms with Crippen molar-refractivity contribution < 1.29 is 20.1 Å². The molecule has 1 unspecified atom stereocenters. The number of rotatable bonds is 12. The molecule has 1 amide bonds. The molecule has 3 aromatic rings. The minimum absolute atomic E-state index is 0.0581. The second kappa shape index (κ2) is 13.4. The van der Waals surface area contributed by atoms with Gasteiger partial charge in [0.25, 0.3) is 5.91 Å². The number of aryl methyl sites for hydroxylation is 1. The number of hydrogen-bond donors (Lipinski definition) is 5. The van der Waals surface area contributed by atoms with Crippen LogP contribution >= 0.6 is 34.2 Å². The van der Waals surface area contributed by atoms with E-state index in [0.717, 1.165) is 14.8 Å². The lowest BCUT2D eigenvalue weighted by atomic mass is 9.84. The Labute approximate surface area is 230 Å². The minimum Gasteiger partial charge on any atom is -0.395 e. The predicted octanol–water partition coefficient (Wildman–Crippen LogP) is 3.64. The van der Waals surface area contributed by atoms with Crippen molar-refractivity contribution in [1.82, 2.24) is 10.2 Å². The summed E-state index contributed by atoms with van der Waals surface area (Å²) in [6.45, 7) is 3.23. The molecule has 36 heavy (non-hydrogen) atoms. The van der Waals surface area contributed by atoms with Crippen LogP contribution in [0.1, 0.15) is 16.7 Å². The largest absolute Gasteiger partial charge is 0.395 e. The number of carbonyl (C=O) groups excluding carboxylic acids is 1. The molecule has 0 spiro atoms. The summed E-state index contributed by atoms with van der Waals surface area (Å²) >= 11 is 8.61. The molecule has 3 aromatic carbocycles. The summed E-state index contributed by atoms with van der Waals surface area (Å²) < 4.78 is 1.10. The molecule has 9 heteroatoms. The molecular formula is C27H31ClIN3O4. The van der Waals surface area contributed by atoms with Crippen LogP contribution in [0.3, 0.4) is 0 Å². The van der Waals surface area contributed by atoms with Gasteiger partial charge in [-0.25, -0.2) is 0 Å². The van der Waals surface area contributed by atoms with Crippen LogP contribution in [0.5, 0.6) is 0 Å². The summed E-state index contributed by atoms with van der Waals surface area (Å²) in [5.41, 5.74) is 1.09. The maximum Gasteiger partial charge on any atom is 0.261 e. The fourth-order valence-electron chi connectivity index (χ4n) is 4.00. The highest BCUT2D eigenvalue weighted by Crippen LogP contribution is 2.38. The molecule has 0 aliphatic rings. The molecule has 192 valence electrons. The Bertz CT molecular complexity index is 1160. The summed E-state index contributed by atoms with van der Waals surface area (Å²) in [7, 11) is 0. The summed E-state index contributed by atoms with van der Waals surface area (Å²) in [6.07, 6.45) is 0. The third-order valence-corrected chi connectivity index (χ3v) is 6.80. The van der Waals surface area contributed by atoms with Crippen molar-refractivity contribution in [3.8, 4) is 0 Å². The molecule has 0 aromatic heterocycles. The van der Waals surface area contributed by atoms with Crippen molar-refractivity contribution in [3.05, 3.63) is 92.0 Å². The van der Waals surface area contributed by atoms with Gasteiger partial charge in [0.15, 0.2) is 5.60 Å². The molecule has 5 N–H and O–H groups in total. The molecule has 0 radical (unpaired) electrons. The van der Waals surface area contributed by atoms with Gasteiger partial charge < -0.3 is 26.0 Å². The van der Waals surface area contributed by atoms with Gasteiger partial charge in [-0.15, -0.1) is 0 Å². The van der Waals surface area contributed by atoms with E-state index in [4.69, 9.17) is 11.6 Å². The van der Waals surface area contributed by atoms with Gasteiger partial charge in [0.05, 0.1) is 13.2 Å². The van der Waals surface area contributed by atoms with Crippen LogP contribution in [0.15, 0.2) is 66.7 Å². The number of halogens is 2. The Morgan fingerprint density at radius 2 is 1.64 bits per heavy atom. The van der Waals surface area contributed by atoms with Crippen molar-refractivity contribution in [3.63, 3.8) is 0 Å². The molecule has 0 fully saturated rings. The quantitative estimate of drug-likeness (QED) is 0.198. The van der Waals surface area contributed by atoms with Crippen molar-refractivity contribution in [1.29, 1.82) is 0 Å². The first-order valence-electron chi connectivity index (χ1n) is 11.6. The molecule has 0 bridgehead atoms. The molecule has 7 nitrogen and oxygen atoms in total. The van der Waals surface area contributed by atoms with Crippen LogP contribution in [0.4, 0.5) is 11.4 Å². The van der Waals surface area contributed by atoms with Crippen molar-refractivity contribution in [2.45, 2.75) is 12.5 Å². The van der Waals surface area contributed by atoms with Gasteiger partial charge in [-0.1, -0.05) is 41.9 Å². The topological polar surface area (TPSA) is 105 Å². The third-order valence-electron chi connectivity index (χ3n) is 5.90. The zero-order valence-electron chi connectivity index (χ0n) is 20.0. The summed E-state index contributed by atoms with van der Waals surface area (Å²) in [4.78, 5) is 15.5. The maximum atomic E-state index is 13.6. The molecule has 1 atom stereocenters. The molecular weight excluding hydrogens is 593 g/mol. The summed E-state index contributed by atoms with van der Waals surface area (Å²) in [5, 5.41) is 37.1. The van der Waals surface area contributed by atoms with Crippen LogP contribution in [-0.2, 0) is 10.4 Å². The lowest BCUT2D eigenvalue weighted by Crippen LogP contribution is -2.48. The lowest BCUT2D eigenvalue weighted by molar-refractivity contribution is -0.136. The van der Waals surface area contributed by atoms with Gasteiger partial charge >= 0.3 is 0 Å². The number of benzene rings is 3. The molecule has 3 rings (SSSR count). The monoisotopic (exact) mass is 623 g/mol. The van der Waals surface area contributed by atoms with E-state index >= 15 is 0 Å². The van der Waals surface area contributed by atoms with E-state index in [1.807, 2.05) is 36.1 Å². The van der Waals surface area contributed by atoms with Crippen LogP contribution in [0.25, 0.3) is 0 Å². The van der Waals surface area contributed by atoms with E-state index in [9.17, 15) is 20.1 Å². The number of anilines is 2. The van der Waals surface area contributed by atoms with Crippen LogP contribution in [0.2, 0.25) is 5.02 Å². The second-order valence-electron chi connectivity index (χ2n) is 8.40. The fourth-order valence-corrected chi connectivity index (χ4v) is 4.82. The Morgan fingerprint density at radius 3 is 2.28 bits per heavy atom. The van der Waals surface area contributed by atoms with E-state index in [1.54, 1.807) is 42.5 Å². The number of aliphatic hydroxyl groups is 3. The van der Waals surface area contributed by atoms with E-state index in [2.05, 4.69) is 33.2 Å². The van der Waals surface area contributed by atoms with E-state index < -0.39 is 11.5 Å². The van der Waals surface area contributed by atoms with Crippen LogP contribution < -0.4 is 10.6 Å². The first-order valence-corrected chi connectivity index (χ1v) is 13.1. The Morgan fingerprint density at radius 1 is 0.972 bits per heavy atom.